The van der Waals surface area contributed by atoms with Crippen molar-refractivity contribution in [3.8, 4) is 0 Å². The van der Waals surface area contributed by atoms with Crippen LogP contribution in [0.15, 0.2) is 64.2 Å². The van der Waals surface area contributed by atoms with Crippen molar-refractivity contribution in [2.45, 2.75) is 44.4 Å². The minimum atomic E-state index is -0.435. The molecule has 1 fully saturated rings. The van der Waals surface area contributed by atoms with Crippen LogP contribution < -0.4 is 17.0 Å². The van der Waals surface area contributed by atoms with Crippen LogP contribution in [0.4, 0.5) is 5.82 Å². The van der Waals surface area contributed by atoms with E-state index in [-0.39, 0.29) is 11.5 Å². The molecule has 0 saturated heterocycles. The summed E-state index contributed by atoms with van der Waals surface area (Å²) in [4.78, 5) is 33.4. The molecule has 0 unspecified atom stereocenters. The molecule has 0 aliphatic heterocycles. The lowest BCUT2D eigenvalue weighted by Gasteiger charge is -2.23. The number of H-pyrrole nitrogens is 2. The molecule has 1 aliphatic carbocycles. The fourth-order valence-corrected chi connectivity index (χ4v) is 3.61. The lowest BCUT2D eigenvalue weighted by molar-refractivity contribution is 0.432. The summed E-state index contributed by atoms with van der Waals surface area (Å²) < 4.78 is 0. The minimum absolute atomic E-state index is 0.250. The fraction of sp³-hybridized carbons (Fsp3) is 0.318. The molecule has 6 nitrogen and oxygen atoms in total. The van der Waals surface area contributed by atoms with Crippen molar-refractivity contribution in [1.82, 2.24) is 15.0 Å². The van der Waals surface area contributed by atoms with Gasteiger partial charge in [-0.2, -0.15) is 0 Å². The zero-order valence-corrected chi connectivity index (χ0v) is 15.9. The highest BCUT2D eigenvalue weighted by Crippen LogP contribution is 2.32. The second-order valence-electron chi connectivity index (χ2n) is 7.02. The molecule has 0 spiro atoms. The van der Waals surface area contributed by atoms with Crippen molar-refractivity contribution in [1.29, 1.82) is 0 Å². The second-order valence-corrected chi connectivity index (χ2v) is 7.02. The summed E-state index contributed by atoms with van der Waals surface area (Å²) in [7, 11) is 0. The molecule has 4 rings (SSSR count). The third kappa shape index (κ3) is 5.42. The average molecular weight is 378 g/mol. The molecule has 0 atom stereocenters. The van der Waals surface area contributed by atoms with Crippen LogP contribution in [0, 0.1) is 0 Å². The number of nitrogens with zero attached hydrogens (tertiary/aromatic N) is 1. The van der Waals surface area contributed by atoms with Crippen LogP contribution in [0.5, 0.6) is 0 Å². The Morgan fingerprint density at radius 2 is 1.54 bits per heavy atom. The molecule has 6 heteroatoms. The van der Waals surface area contributed by atoms with Gasteiger partial charge in [0, 0.05) is 23.4 Å². The molecular formula is C22H26N4O2. The van der Waals surface area contributed by atoms with E-state index >= 15 is 0 Å². The number of hydrogen-bond acceptors (Lipinski definition) is 4. The zero-order chi connectivity index (χ0) is 19.8. The quantitative estimate of drug-likeness (QED) is 0.650. The number of benzene rings is 1. The largest absolute Gasteiger partial charge is 0.384 e. The highest BCUT2D eigenvalue weighted by atomic mass is 16.2. The normalized spacial score (nSPS) is 14.1. The number of aromatic amines is 2. The third-order valence-electron chi connectivity index (χ3n) is 4.94. The smallest absolute Gasteiger partial charge is 0.325 e. The molecule has 4 N–H and O–H groups in total. The molecule has 1 aromatic carbocycles. The van der Waals surface area contributed by atoms with E-state index in [1.807, 2.05) is 48.5 Å². The molecule has 1 aliphatic rings. The van der Waals surface area contributed by atoms with Crippen LogP contribution in [-0.4, -0.2) is 15.0 Å². The standard InChI is InChI=1S/C16H20N4O2.C6H6/c17-13-8-4-7-11(18-13)9-12-14(10-5-2-1-3-6-10)19-16(22)20-15(12)21;1-2-4-6-5-3-1/h4,7-8,10H,1-3,5-6,9H2,(H2,17,18)(H2,19,20,21,22);1-6H. The Morgan fingerprint density at radius 1 is 0.893 bits per heavy atom. The van der Waals surface area contributed by atoms with E-state index in [1.54, 1.807) is 6.07 Å². The van der Waals surface area contributed by atoms with Gasteiger partial charge in [0.1, 0.15) is 5.82 Å². The van der Waals surface area contributed by atoms with Crippen molar-refractivity contribution in [3.05, 3.63) is 92.4 Å². The summed E-state index contributed by atoms with van der Waals surface area (Å²) in [5.74, 6) is 0.678. The van der Waals surface area contributed by atoms with Gasteiger partial charge >= 0.3 is 5.69 Å². The van der Waals surface area contributed by atoms with Crippen LogP contribution in [0.2, 0.25) is 0 Å². The first kappa shape index (κ1) is 19.6. The Hall–Kier alpha value is -3.15. The van der Waals surface area contributed by atoms with Crippen LogP contribution >= 0.6 is 0 Å². The number of hydrogen-bond donors (Lipinski definition) is 3. The summed E-state index contributed by atoms with van der Waals surface area (Å²) >= 11 is 0. The van der Waals surface area contributed by atoms with Crippen LogP contribution in [0.3, 0.4) is 0 Å². The van der Waals surface area contributed by atoms with E-state index < -0.39 is 5.69 Å². The lowest BCUT2D eigenvalue weighted by Crippen LogP contribution is -2.30. The molecule has 0 radical (unpaired) electrons. The topological polar surface area (TPSA) is 105 Å². The summed E-state index contributed by atoms with van der Waals surface area (Å²) in [5.41, 5.74) is 7.05. The van der Waals surface area contributed by atoms with Gasteiger partial charge in [0.25, 0.3) is 5.56 Å². The van der Waals surface area contributed by atoms with Crippen molar-refractivity contribution in [3.63, 3.8) is 0 Å². The van der Waals surface area contributed by atoms with Crippen molar-refractivity contribution in [2.24, 2.45) is 0 Å². The van der Waals surface area contributed by atoms with E-state index in [0.29, 0.717) is 17.8 Å². The van der Waals surface area contributed by atoms with E-state index in [1.165, 1.54) is 6.42 Å². The van der Waals surface area contributed by atoms with Crippen molar-refractivity contribution < 1.29 is 0 Å². The van der Waals surface area contributed by atoms with Crippen LogP contribution in [0.1, 0.15) is 55.0 Å². The van der Waals surface area contributed by atoms with Crippen LogP contribution in [0.25, 0.3) is 0 Å². The first-order valence-corrected chi connectivity index (χ1v) is 9.70. The van der Waals surface area contributed by atoms with Gasteiger partial charge in [0.2, 0.25) is 0 Å². The van der Waals surface area contributed by atoms with E-state index in [0.717, 1.165) is 37.1 Å². The number of anilines is 1. The predicted molar refractivity (Wildman–Crippen MR) is 111 cm³/mol. The first-order valence-electron chi connectivity index (χ1n) is 9.70. The second kappa shape index (κ2) is 9.69. The number of aromatic nitrogens is 3. The Bertz CT molecular complexity index is 962. The van der Waals surface area contributed by atoms with Gasteiger partial charge in [-0.05, 0) is 30.9 Å². The Labute approximate surface area is 163 Å². The van der Waals surface area contributed by atoms with E-state index in [9.17, 15) is 9.59 Å². The molecule has 146 valence electrons. The van der Waals surface area contributed by atoms with Crippen molar-refractivity contribution >= 4 is 5.82 Å². The number of pyridine rings is 1. The van der Waals surface area contributed by atoms with Gasteiger partial charge in [-0.25, -0.2) is 9.78 Å². The molecule has 3 aromatic rings. The van der Waals surface area contributed by atoms with Gasteiger partial charge in [-0.15, -0.1) is 0 Å². The number of nitrogen functional groups attached to an aromatic ring is 1. The number of nitrogens with two attached hydrogens (primary N) is 1. The monoisotopic (exact) mass is 378 g/mol. The highest BCUT2D eigenvalue weighted by molar-refractivity contribution is 5.32. The highest BCUT2D eigenvalue weighted by Gasteiger charge is 2.22. The van der Waals surface area contributed by atoms with E-state index in [2.05, 4.69) is 15.0 Å². The van der Waals surface area contributed by atoms with Gasteiger partial charge < -0.3 is 10.7 Å². The predicted octanol–water partition coefficient (Wildman–Crippen LogP) is 3.37. The Balaban J connectivity index is 0.000000320. The number of nitrogens with one attached hydrogen (secondary N) is 2. The first-order chi connectivity index (χ1) is 13.6. The number of rotatable bonds is 3. The maximum atomic E-state index is 12.3. The molecule has 1 saturated carbocycles. The summed E-state index contributed by atoms with van der Waals surface area (Å²) in [6.45, 7) is 0. The zero-order valence-electron chi connectivity index (χ0n) is 15.9. The molecular weight excluding hydrogens is 352 g/mol. The maximum Gasteiger partial charge on any atom is 0.325 e. The molecule has 0 amide bonds. The van der Waals surface area contributed by atoms with E-state index in [4.69, 9.17) is 5.73 Å². The van der Waals surface area contributed by atoms with Gasteiger partial charge in [0.05, 0.1) is 0 Å². The lowest BCUT2D eigenvalue weighted by atomic mass is 9.84. The maximum absolute atomic E-state index is 12.3. The molecule has 2 aromatic heterocycles. The SMILES string of the molecule is Nc1cccc(Cc2c(C3CCCCC3)[nH]c(=O)[nH]c2=O)n1.c1ccccc1. The summed E-state index contributed by atoms with van der Waals surface area (Å²) in [6.07, 6.45) is 5.89. The fourth-order valence-electron chi connectivity index (χ4n) is 3.61. The summed E-state index contributed by atoms with van der Waals surface area (Å²) in [5, 5.41) is 0. The molecule has 0 bridgehead atoms. The van der Waals surface area contributed by atoms with Crippen LogP contribution in [-0.2, 0) is 6.42 Å². The Kier molecular flexibility index (Phi) is 6.78. The summed E-state index contributed by atoms with van der Waals surface area (Å²) in [6, 6.07) is 17.4. The third-order valence-corrected chi connectivity index (χ3v) is 4.94. The minimum Gasteiger partial charge on any atom is -0.384 e. The molecule has 28 heavy (non-hydrogen) atoms. The van der Waals surface area contributed by atoms with Gasteiger partial charge in [0.15, 0.2) is 0 Å². The Morgan fingerprint density at radius 3 is 2.14 bits per heavy atom. The van der Waals surface area contributed by atoms with Gasteiger partial charge in [-0.1, -0.05) is 61.7 Å². The van der Waals surface area contributed by atoms with Gasteiger partial charge in [-0.3, -0.25) is 9.78 Å². The van der Waals surface area contributed by atoms with Crippen molar-refractivity contribution in [2.75, 3.05) is 5.73 Å². The molecule has 2 heterocycles. The average Bonchev–Trinajstić information content (AvgIpc) is 2.72.